The summed E-state index contributed by atoms with van der Waals surface area (Å²) in [7, 11) is 0. The van der Waals surface area contributed by atoms with Crippen LogP contribution >= 0.6 is 0 Å². The van der Waals surface area contributed by atoms with E-state index in [0.717, 1.165) is 30.9 Å². The summed E-state index contributed by atoms with van der Waals surface area (Å²) in [6, 6.07) is 7.07. The molecule has 0 aliphatic carbocycles. The monoisotopic (exact) mass is 372 g/mol. The van der Waals surface area contributed by atoms with Gasteiger partial charge in [-0.25, -0.2) is 5.01 Å². The Bertz CT molecular complexity index is 629. The van der Waals surface area contributed by atoms with Crippen molar-refractivity contribution >= 4 is 0 Å². The SMILES string of the molecule is CCCCC(Cc1ccc2c(c1)OCO2)CC(CCC)N1CC=C(CC)N1. The van der Waals surface area contributed by atoms with Gasteiger partial charge >= 0.3 is 0 Å². The lowest BCUT2D eigenvalue weighted by molar-refractivity contribution is 0.138. The van der Waals surface area contributed by atoms with E-state index in [4.69, 9.17) is 9.47 Å². The Hall–Kier alpha value is -1.68. The van der Waals surface area contributed by atoms with E-state index in [-0.39, 0.29) is 0 Å². The van der Waals surface area contributed by atoms with Crippen molar-refractivity contribution in [3.63, 3.8) is 0 Å². The van der Waals surface area contributed by atoms with Crippen molar-refractivity contribution in [3.05, 3.63) is 35.5 Å². The average Bonchev–Trinajstić information content (AvgIpc) is 3.34. The van der Waals surface area contributed by atoms with E-state index >= 15 is 0 Å². The van der Waals surface area contributed by atoms with Gasteiger partial charge in [-0.2, -0.15) is 0 Å². The van der Waals surface area contributed by atoms with E-state index in [1.54, 1.807) is 0 Å². The third-order valence-electron chi connectivity index (χ3n) is 5.80. The molecule has 4 heteroatoms. The lowest BCUT2D eigenvalue weighted by atomic mass is 9.87. The molecule has 2 unspecified atom stereocenters. The van der Waals surface area contributed by atoms with Crippen LogP contribution in [-0.2, 0) is 6.42 Å². The number of unbranched alkanes of at least 4 members (excludes halogenated alkanes) is 1. The molecule has 1 N–H and O–H groups in total. The number of fused-ring (bicyclic) bond motifs is 1. The quantitative estimate of drug-likeness (QED) is 0.561. The highest BCUT2D eigenvalue weighted by atomic mass is 16.7. The zero-order valence-electron chi connectivity index (χ0n) is 17.3. The summed E-state index contributed by atoms with van der Waals surface area (Å²) in [6.07, 6.45) is 12.2. The lowest BCUT2D eigenvalue weighted by Gasteiger charge is -2.32. The van der Waals surface area contributed by atoms with Crippen molar-refractivity contribution in [2.75, 3.05) is 13.3 Å². The van der Waals surface area contributed by atoms with Gasteiger partial charge in [0.25, 0.3) is 0 Å². The molecule has 2 atom stereocenters. The van der Waals surface area contributed by atoms with Crippen LogP contribution in [0.2, 0.25) is 0 Å². The molecule has 150 valence electrons. The first kappa shape index (κ1) is 20.1. The molecule has 0 amide bonds. The topological polar surface area (TPSA) is 33.7 Å². The van der Waals surface area contributed by atoms with Crippen LogP contribution in [0.25, 0.3) is 0 Å². The van der Waals surface area contributed by atoms with Crippen molar-refractivity contribution in [2.24, 2.45) is 5.92 Å². The molecule has 2 aliphatic heterocycles. The number of benzene rings is 1. The number of allylic oxidation sites excluding steroid dienone is 1. The molecule has 27 heavy (non-hydrogen) atoms. The van der Waals surface area contributed by atoms with Crippen LogP contribution in [0.1, 0.15) is 71.3 Å². The summed E-state index contributed by atoms with van der Waals surface area (Å²) >= 11 is 0. The standard InChI is InChI=1S/C23H36N2O2/c1-4-7-9-18(14-19-10-11-22-23(16-19)27-17-26-22)15-21(8-5-2)25-13-12-20(6-3)24-25/h10-12,16,18,21,24H,4-9,13-15,17H2,1-3H3. The van der Waals surface area contributed by atoms with E-state index in [2.05, 4.69) is 55.5 Å². The highest BCUT2D eigenvalue weighted by Crippen LogP contribution is 2.34. The number of rotatable bonds is 11. The molecule has 3 rings (SSSR count). The Morgan fingerprint density at radius 3 is 2.67 bits per heavy atom. The molecule has 0 bridgehead atoms. The summed E-state index contributed by atoms with van der Waals surface area (Å²) in [5.74, 6) is 2.49. The van der Waals surface area contributed by atoms with Crippen LogP contribution in [0.15, 0.2) is 30.0 Å². The second kappa shape index (κ2) is 10.0. The summed E-state index contributed by atoms with van der Waals surface area (Å²) in [6.45, 7) is 8.21. The van der Waals surface area contributed by atoms with Gasteiger partial charge in [0.2, 0.25) is 6.79 Å². The van der Waals surface area contributed by atoms with Crippen LogP contribution < -0.4 is 14.9 Å². The van der Waals surface area contributed by atoms with Gasteiger partial charge in [-0.1, -0.05) is 52.5 Å². The Kier molecular flexibility index (Phi) is 7.45. The number of hydrogen-bond donors (Lipinski definition) is 1. The zero-order valence-corrected chi connectivity index (χ0v) is 17.3. The van der Waals surface area contributed by atoms with Crippen molar-refractivity contribution < 1.29 is 9.47 Å². The molecule has 4 nitrogen and oxygen atoms in total. The molecule has 2 aliphatic rings. The van der Waals surface area contributed by atoms with Crippen LogP contribution in [0.4, 0.5) is 0 Å². The van der Waals surface area contributed by atoms with Gasteiger partial charge in [-0.05, 0) is 55.4 Å². The van der Waals surface area contributed by atoms with E-state index < -0.39 is 0 Å². The number of nitrogens with zero attached hydrogens (tertiary/aromatic N) is 1. The number of nitrogens with one attached hydrogen (secondary N) is 1. The second-order valence-corrected chi connectivity index (χ2v) is 7.93. The van der Waals surface area contributed by atoms with Gasteiger partial charge in [-0.15, -0.1) is 0 Å². The molecule has 0 aromatic heterocycles. The molecule has 2 heterocycles. The van der Waals surface area contributed by atoms with Crippen molar-refractivity contribution in [3.8, 4) is 11.5 Å². The maximum absolute atomic E-state index is 5.58. The summed E-state index contributed by atoms with van der Waals surface area (Å²) in [4.78, 5) is 0. The normalized spacial score (nSPS) is 18.3. The average molecular weight is 373 g/mol. The van der Waals surface area contributed by atoms with E-state index in [1.165, 1.54) is 49.8 Å². The van der Waals surface area contributed by atoms with Gasteiger partial charge in [0.15, 0.2) is 11.5 Å². The highest BCUT2D eigenvalue weighted by molar-refractivity contribution is 5.44. The number of hydrazine groups is 1. The van der Waals surface area contributed by atoms with Crippen LogP contribution in [-0.4, -0.2) is 24.4 Å². The smallest absolute Gasteiger partial charge is 0.231 e. The van der Waals surface area contributed by atoms with Crippen LogP contribution in [0.3, 0.4) is 0 Å². The summed E-state index contributed by atoms with van der Waals surface area (Å²) in [5, 5.41) is 2.47. The molecular weight excluding hydrogens is 336 g/mol. The van der Waals surface area contributed by atoms with Gasteiger partial charge in [0.1, 0.15) is 0 Å². The minimum absolute atomic E-state index is 0.351. The van der Waals surface area contributed by atoms with Crippen LogP contribution in [0, 0.1) is 5.92 Å². The first-order valence-corrected chi connectivity index (χ1v) is 10.8. The number of ether oxygens (including phenoxy) is 2. The highest BCUT2D eigenvalue weighted by Gasteiger charge is 2.25. The molecule has 1 aromatic rings. The largest absolute Gasteiger partial charge is 0.454 e. The van der Waals surface area contributed by atoms with Crippen LogP contribution in [0.5, 0.6) is 11.5 Å². The minimum Gasteiger partial charge on any atom is -0.454 e. The van der Waals surface area contributed by atoms with E-state index in [0.29, 0.717) is 18.8 Å². The Balaban J connectivity index is 1.65. The third-order valence-corrected chi connectivity index (χ3v) is 5.80. The van der Waals surface area contributed by atoms with E-state index in [9.17, 15) is 0 Å². The zero-order chi connectivity index (χ0) is 19.1. The molecule has 0 radical (unpaired) electrons. The summed E-state index contributed by atoms with van der Waals surface area (Å²) < 4.78 is 11.0. The number of hydrogen-bond acceptors (Lipinski definition) is 4. The van der Waals surface area contributed by atoms with Crippen molar-refractivity contribution in [1.82, 2.24) is 10.4 Å². The van der Waals surface area contributed by atoms with Crippen molar-refractivity contribution in [2.45, 2.75) is 78.2 Å². The Morgan fingerprint density at radius 2 is 1.93 bits per heavy atom. The third kappa shape index (κ3) is 5.41. The molecule has 0 saturated carbocycles. The predicted octanol–water partition coefficient (Wildman–Crippen LogP) is 5.44. The van der Waals surface area contributed by atoms with Crippen molar-refractivity contribution in [1.29, 1.82) is 0 Å². The van der Waals surface area contributed by atoms with Gasteiger partial charge in [0.05, 0.1) is 0 Å². The lowest BCUT2D eigenvalue weighted by Crippen LogP contribution is -2.42. The minimum atomic E-state index is 0.351. The molecule has 0 fully saturated rings. The summed E-state index contributed by atoms with van der Waals surface area (Å²) in [5.41, 5.74) is 6.39. The first-order valence-electron chi connectivity index (χ1n) is 10.8. The molecular formula is C23H36N2O2. The Morgan fingerprint density at radius 1 is 1.07 bits per heavy atom. The fraction of sp³-hybridized carbons (Fsp3) is 0.652. The second-order valence-electron chi connectivity index (χ2n) is 7.93. The molecule has 0 saturated heterocycles. The Labute approximate surface area is 164 Å². The van der Waals surface area contributed by atoms with Gasteiger partial charge in [0, 0.05) is 18.3 Å². The fourth-order valence-corrected chi connectivity index (χ4v) is 4.26. The van der Waals surface area contributed by atoms with Gasteiger partial charge in [-0.3, -0.25) is 0 Å². The maximum atomic E-state index is 5.58. The van der Waals surface area contributed by atoms with E-state index in [1.807, 2.05) is 0 Å². The maximum Gasteiger partial charge on any atom is 0.231 e. The molecule has 1 aromatic carbocycles. The molecule has 0 spiro atoms. The van der Waals surface area contributed by atoms with Gasteiger partial charge < -0.3 is 14.9 Å². The first-order chi connectivity index (χ1) is 13.2. The predicted molar refractivity (Wildman–Crippen MR) is 111 cm³/mol. The fourth-order valence-electron chi connectivity index (χ4n) is 4.26.